The molecule has 0 aromatic heterocycles. The van der Waals surface area contributed by atoms with Crippen LogP contribution in [0.5, 0.6) is 5.75 Å². The summed E-state index contributed by atoms with van der Waals surface area (Å²) in [5.41, 5.74) is 1.98. The highest BCUT2D eigenvalue weighted by atomic mass is 19.1. The van der Waals surface area contributed by atoms with Gasteiger partial charge in [-0.3, -0.25) is 4.79 Å². The lowest BCUT2D eigenvalue weighted by Gasteiger charge is -2.24. The molecular weight excluding hydrogens is 269 g/mol. The van der Waals surface area contributed by atoms with E-state index in [-0.39, 0.29) is 11.7 Å². The molecule has 0 radical (unpaired) electrons. The van der Waals surface area contributed by atoms with Crippen LogP contribution in [0.1, 0.15) is 18.1 Å². The van der Waals surface area contributed by atoms with E-state index in [0.29, 0.717) is 23.5 Å². The fraction of sp³-hybridized carbons (Fsp3) is 0.235. The van der Waals surface area contributed by atoms with Gasteiger partial charge in [0.1, 0.15) is 11.6 Å². The summed E-state index contributed by atoms with van der Waals surface area (Å²) in [5.74, 6) is 0.223. The Labute approximate surface area is 123 Å². The van der Waals surface area contributed by atoms with Gasteiger partial charge in [-0.2, -0.15) is 0 Å². The van der Waals surface area contributed by atoms with Crippen LogP contribution in [0, 0.1) is 12.7 Å². The van der Waals surface area contributed by atoms with Gasteiger partial charge in [0.05, 0.1) is 6.54 Å². The summed E-state index contributed by atoms with van der Waals surface area (Å²) in [6.45, 7) is 3.77. The number of nitrogens with zero attached hydrogens (tertiary/aromatic N) is 1. The van der Waals surface area contributed by atoms with Crippen molar-refractivity contribution in [2.24, 2.45) is 0 Å². The maximum atomic E-state index is 13.8. The van der Waals surface area contributed by atoms with Crippen molar-refractivity contribution in [2.75, 3.05) is 4.90 Å². The number of hydrogen-bond donors (Lipinski definition) is 0. The largest absolute Gasteiger partial charge is 0.481 e. The Morgan fingerprint density at radius 1 is 1.19 bits per heavy atom. The topological polar surface area (TPSA) is 29.5 Å². The van der Waals surface area contributed by atoms with Gasteiger partial charge in [-0.15, -0.1) is 0 Å². The van der Waals surface area contributed by atoms with Gasteiger partial charge in [-0.1, -0.05) is 24.3 Å². The van der Waals surface area contributed by atoms with E-state index in [1.807, 2.05) is 24.3 Å². The van der Waals surface area contributed by atoms with Crippen molar-refractivity contribution in [1.82, 2.24) is 0 Å². The average Bonchev–Trinajstić information content (AvgIpc) is 2.60. The molecule has 4 heteroatoms. The third kappa shape index (κ3) is 2.37. The minimum absolute atomic E-state index is 0.167. The van der Waals surface area contributed by atoms with E-state index < -0.39 is 6.10 Å². The Bertz CT molecular complexity index is 699. The first-order chi connectivity index (χ1) is 10.1. The van der Waals surface area contributed by atoms with Crippen molar-refractivity contribution >= 4 is 11.6 Å². The van der Waals surface area contributed by atoms with E-state index in [1.165, 1.54) is 6.07 Å². The fourth-order valence-corrected chi connectivity index (χ4v) is 2.55. The van der Waals surface area contributed by atoms with Crippen LogP contribution < -0.4 is 9.64 Å². The first-order valence-corrected chi connectivity index (χ1v) is 6.89. The molecule has 0 unspecified atom stereocenters. The van der Waals surface area contributed by atoms with Gasteiger partial charge in [-0.05, 0) is 32.0 Å². The van der Waals surface area contributed by atoms with Gasteiger partial charge < -0.3 is 9.64 Å². The molecule has 0 saturated carbocycles. The number of carbonyl (C=O) groups excluding carboxylic acids is 1. The molecule has 108 valence electrons. The summed E-state index contributed by atoms with van der Waals surface area (Å²) in [6, 6.07) is 12.3. The van der Waals surface area contributed by atoms with Crippen molar-refractivity contribution in [3.05, 3.63) is 59.4 Å². The van der Waals surface area contributed by atoms with E-state index >= 15 is 0 Å². The van der Waals surface area contributed by atoms with Gasteiger partial charge >= 0.3 is 0 Å². The van der Waals surface area contributed by atoms with Crippen LogP contribution in [0.3, 0.4) is 0 Å². The summed E-state index contributed by atoms with van der Waals surface area (Å²) < 4.78 is 19.5. The summed E-state index contributed by atoms with van der Waals surface area (Å²) >= 11 is 0. The van der Waals surface area contributed by atoms with E-state index in [0.717, 1.165) is 5.56 Å². The predicted octanol–water partition coefficient (Wildman–Crippen LogP) is 3.45. The molecule has 1 atom stereocenters. The quantitative estimate of drug-likeness (QED) is 0.803. The maximum Gasteiger partial charge on any atom is 0.268 e. The van der Waals surface area contributed by atoms with Crippen LogP contribution in [0.25, 0.3) is 0 Å². The number of carbonyl (C=O) groups is 1. The summed E-state index contributed by atoms with van der Waals surface area (Å²) in [4.78, 5) is 14.1. The van der Waals surface area contributed by atoms with Crippen LogP contribution in [-0.4, -0.2) is 12.0 Å². The fourth-order valence-electron chi connectivity index (χ4n) is 2.55. The number of hydrogen-bond acceptors (Lipinski definition) is 2. The predicted molar refractivity (Wildman–Crippen MR) is 78.9 cm³/mol. The Morgan fingerprint density at radius 2 is 1.95 bits per heavy atom. The second-order valence-corrected chi connectivity index (χ2v) is 5.18. The number of fused-ring (bicyclic) bond motifs is 1. The highest BCUT2D eigenvalue weighted by Crippen LogP contribution is 2.31. The Morgan fingerprint density at radius 3 is 2.76 bits per heavy atom. The Hall–Kier alpha value is -2.36. The molecule has 0 saturated heterocycles. The first kappa shape index (κ1) is 13.6. The van der Waals surface area contributed by atoms with Crippen molar-refractivity contribution in [3.63, 3.8) is 0 Å². The van der Waals surface area contributed by atoms with Gasteiger partial charge in [0.25, 0.3) is 5.91 Å². The minimum Gasteiger partial charge on any atom is -0.481 e. The van der Waals surface area contributed by atoms with Gasteiger partial charge in [0.2, 0.25) is 0 Å². The molecule has 0 N–H and O–H groups in total. The van der Waals surface area contributed by atoms with E-state index in [4.69, 9.17) is 4.74 Å². The summed E-state index contributed by atoms with van der Waals surface area (Å²) in [7, 11) is 0. The maximum absolute atomic E-state index is 13.8. The zero-order valence-electron chi connectivity index (χ0n) is 12.0. The Balaban J connectivity index is 2.09. The van der Waals surface area contributed by atoms with E-state index in [2.05, 4.69) is 0 Å². The zero-order valence-corrected chi connectivity index (χ0v) is 12.0. The number of halogens is 1. The average molecular weight is 285 g/mol. The first-order valence-electron chi connectivity index (χ1n) is 6.89. The smallest absolute Gasteiger partial charge is 0.268 e. The number of anilines is 1. The second-order valence-electron chi connectivity index (χ2n) is 5.18. The molecule has 0 aliphatic carbocycles. The SMILES string of the molecule is Cc1c(F)cccc1N1Cc2ccccc2O[C@@H](C)C1=O. The van der Waals surface area contributed by atoms with E-state index in [9.17, 15) is 9.18 Å². The van der Waals surface area contributed by atoms with Crippen molar-refractivity contribution in [3.8, 4) is 5.75 Å². The van der Waals surface area contributed by atoms with Crippen LogP contribution in [-0.2, 0) is 11.3 Å². The van der Waals surface area contributed by atoms with E-state index in [1.54, 1.807) is 30.9 Å². The molecule has 0 bridgehead atoms. The van der Waals surface area contributed by atoms with Gasteiger partial charge in [0, 0.05) is 16.8 Å². The lowest BCUT2D eigenvalue weighted by Crippen LogP contribution is -2.38. The van der Waals surface area contributed by atoms with Crippen LogP contribution in [0.4, 0.5) is 10.1 Å². The molecular formula is C17H16FNO2. The van der Waals surface area contributed by atoms with Crippen molar-refractivity contribution < 1.29 is 13.9 Å². The molecule has 1 aliphatic heterocycles. The molecule has 3 rings (SSSR count). The Kier molecular flexibility index (Phi) is 3.37. The van der Waals surface area contributed by atoms with Crippen LogP contribution in [0.15, 0.2) is 42.5 Å². The molecule has 1 heterocycles. The van der Waals surface area contributed by atoms with Crippen LogP contribution in [0.2, 0.25) is 0 Å². The summed E-state index contributed by atoms with van der Waals surface area (Å²) in [5, 5.41) is 0. The van der Waals surface area contributed by atoms with Crippen molar-refractivity contribution in [2.45, 2.75) is 26.5 Å². The lowest BCUT2D eigenvalue weighted by molar-refractivity contribution is -0.124. The number of benzene rings is 2. The highest BCUT2D eigenvalue weighted by molar-refractivity contribution is 5.97. The third-order valence-electron chi connectivity index (χ3n) is 3.75. The standard InChI is InChI=1S/C17H16FNO2/c1-11-14(18)7-5-8-15(11)19-10-13-6-3-4-9-16(13)21-12(2)17(19)20/h3-9,12H,10H2,1-2H3/t12-/m0/s1. The molecule has 2 aromatic carbocycles. The number of para-hydroxylation sites is 1. The highest BCUT2D eigenvalue weighted by Gasteiger charge is 2.29. The summed E-state index contributed by atoms with van der Waals surface area (Å²) in [6.07, 6.45) is -0.601. The monoisotopic (exact) mass is 285 g/mol. The molecule has 3 nitrogen and oxygen atoms in total. The number of ether oxygens (including phenoxy) is 1. The molecule has 21 heavy (non-hydrogen) atoms. The molecule has 0 fully saturated rings. The van der Waals surface area contributed by atoms with Crippen LogP contribution >= 0.6 is 0 Å². The van der Waals surface area contributed by atoms with Crippen molar-refractivity contribution in [1.29, 1.82) is 0 Å². The second kappa shape index (κ2) is 5.20. The molecule has 2 aromatic rings. The molecule has 1 amide bonds. The molecule has 0 spiro atoms. The third-order valence-corrected chi connectivity index (χ3v) is 3.75. The zero-order chi connectivity index (χ0) is 15.0. The minimum atomic E-state index is -0.601. The molecule has 1 aliphatic rings. The normalized spacial score (nSPS) is 18.0. The number of rotatable bonds is 1. The van der Waals surface area contributed by atoms with Gasteiger partial charge in [-0.25, -0.2) is 4.39 Å². The lowest BCUT2D eigenvalue weighted by atomic mass is 10.1. The van der Waals surface area contributed by atoms with Gasteiger partial charge in [0.15, 0.2) is 6.10 Å². The number of amides is 1.